The number of likely N-dealkylation sites (tertiary alicyclic amines) is 1. The predicted octanol–water partition coefficient (Wildman–Crippen LogP) is 0.156. The van der Waals surface area contributed by atoms with Crippen molar-refractivity contribution in [2.24, 2.45) is 5.92 Å². The molecule has 0 spiro atoms. The Bertz CT molecular complexity index is 506. The van der Waals surface area contributed by atoms with Crippen molar-refractivity contribution in [3.05, 3.63) is 12.7 Å². The summed E-state index contributed by atoms with van der Waals surface area (Å²) in [7, 11) is -3.10. The Kier molecular flexibility index (Phi) is 6.00. The molecule has 2 aliphatic rings. The first-order chi connectivity index (χ1) is 10.4. The van der Waals surface area contributed by atoms with Gasteiger partial charge < -0.3 is 9.64 Å². The van der Waals surface area contributed by atoms with E-state index in [2.05, 4.69) is 11.5 Å². The van der Waals surface area contributed by atoms with Gasteiger partial charge in [-0.3, -0.25) is 9.69 Å². The number of carbonyl (C=O) groups excluding carboxylic acids is 1. The molecule has 126 valence electrons. The minimum Gasteiger partial charge on any atom is -0.375 e. The first kappa shape index (κ1) is 17.4. The van der Waals surface area contributed by atoms with Crippen LogP contribution in [0.1, 0.15) is 12.8 Å². The third kappa shape index (κ3) is 5.07. The Morgan fingerprint density at radius 1 is 1.36 bits per heavy atom. The summed E-state index contributed by atoms with van der Waals surface area (Å²) in [5, 5.41) is 0. The molecule has 2 atom stereocenters. The second-order valence-corrected chi connectivity index (χ2v) is 8.49. The van der Waals surface area contributed by atoms with Gasteiger partial charge in [0, 0.05) is 51.3 Å². The number of hydrogen-bond acceptors (Lipinski definition) is 5. The molecule has 0 bridgehead atoms. The summed E-state index contributed by atoms with van der Waals surface area (Å²) in [6.07, 6.45) is 4.10. The first-order valence-corrected chi connectivity index (χ1v) is 9.85. The zero-order valence-electron chi connectivity index (χ0n) is 13.2. The zero-order valence-corrected chi connectivity index (χ0v) is 14.1. The van der Waals surface area contributed by atoms with Crippen molar-refractivity contribution < 1.29 is 17.9 Å². The standard InChI is InChI=1S/C15H26N2O4S/c1-3-6-16-8-9-21-14-12-17(7-4-13(14)11-16)15(18)5-10-22(2,19)20/h3,13-14H,1,4-12H2,2H3. The van der Waals surface area contributed by atoms with Gasteiger partial charge >= 0.3 is 0 Å². The molecule has 2 aliphatic heterocycles. The van der Waals surface area contributed by atoms with Crippen molar-refractivity contribution in [3.8, 4) is 0 Å². The fourth-order valence-electron chi connectivity index (χ4n) is 3.12. The van der Waals surface area contributed by atoms with E-state index in [0.717, 1.165) is 32.3 Å². The maximum absolute atomic E-state index is 12.2. The van der Waals surface area contributed by atoms with Crippen LogP contribution in [0.5, 0.6) is 0 Å². The molecule has 2 unspecified atom stereocenters. The van der Waals surface area contributed by atoms with Crippen molar-refractivity contribution in [2.75, 3.05) is 51.3 Å². The van der Waals surface area contributed by atoms with E-state index in [0.29, 0.717) is 25.6 Å². The number of nitrogens with zero attached hydrogens (tertiary/aromatic N) is 2. The van der Waals surface area contributed by atoms with Crippen LogP contribution in [0.3, 0.4) is 0 Å². The van der Waals surface area contributed by atoms with Gasteiger partial charge in [0.05, 0.1) is 18.5 Å². The number of hydrogen-bond donors (Lipinski definition) is 0. The molecule has 0 aromatic rings. The molecule has 0 saturated carbocycles. The molecule has 2 heterocycles. The number of ether oxygens (including phenoxy) is 1. The lowest BCUT2D eigenvalue weighted by Gasteiger charge is -2.38. The van der Waals surface area contributed by atoms with Crippen molar-refractivity contribution in [1.29, 1.82) is 0 Å². The van der Waals surface area contributed by atoms with Crippen molar-refractivity contribution in [1.82, 2.24) is 9.80 Å². The predicted molar refractivity (Wildman–Crippen MR) is 85.4 cm³/mol. The van der Waals surface area contributed by atoms with Gasteiger partial charge in [0.1, 0.15) is 9.84 Å². The van der Waals surface area contributed by atoms with Gasteiger partial charge in [0.25, 0.3) is 0 Å². The molecule has 7 heteroatoms. The summed E-state index contributed by atoms with van der Waals surface area (Å²) in [6, 6.07) is 0. The van der Waals surface area contributed by atoms with Gasteiger partial charge in [0.15, 0.2) is 0 Å². The summed E-state index contributed by atoms with van der Waals surface area (Å²) in [4.78, 5) is 16.2. The molecular formula is C15H26N2O4S. The van der Waals surface area contributed by atoms with E-state index in [1.54, 1.807) is 4.90 Å². The highest BCUT2D eigenvalue weighted by molar-refractivity contribution is 7.90. The molecule has 0 N–H and O–H groups in total. The quantitative estimate of drug-likeness (QED) is 0.672. The van der Waals surface area contributed by atoms with Gasteiger partial charge in [0.2, 0.25) is 5.91 Å². The SMILES string of the molecule is C=CCN1CCOC2CN(C(=O)CCS(C)(=O)=O)CCC2C1. The molecule has 2 saturated heterocycles. The molecule has 0 radical (unpaired) electrons. The van der Waals surface area contributed by atoms with Crippen LogP contribution in [0, 0.1) is 5.92 Å². The third-order valence-electron chi connectivity index (χ3n) is 4.35. The Balaban J connectivity index is 1.88. The van der Waals surface area contributed by atoms with E-state index >= 15 is 0 Å². The van der Waals surface area contributed by atoms with E-state index in [1.807, 2.05) is 6.08 Å². The minimum atomic E-state index is -3.10. The van der Waals surface area contributed by atoms with E-state index < -0.39 is 9.84 Å². The molecule has 2 rings (SSSR count). The highest BCUT2D eigenvalue weighted by atomic mass is 32.2. The molecule has 0 aromatic carbocycles. The van der Waals surface area contributed by atoms with Gasteiger partial charge in [-0.1, -0.05) is 6.08 Å². The van der Waals surface area contributed by atoms with Crippen molar-refractivity contribution >= 4 is 15.7 Å². The van der Waals surface area contributed by atoms with Gasteiger partial charge in [-0.2, -0.15) is 0 Å². The van der Waals surface area contributed by atoms with E-state index in [4.69, 9.17) is 4.74 Å². The van der Waals surface area contributed by atoms with Crippen LogP contribution in [0.2, 0.25) is 0 Å². The van der Waals surface area contributed by atoms with Crippen molar-refractivity contribution in [2.45, 2.75) is 18.9 Å². The second-order valence-electron chi connectivity index (χ2n) is 6.23. The normalized spacial score (nSPS) is 27.0. The number of rotatable bonds is 5. The van der Waals surface area contributed by atoms with Gasteiger partial charge in [-0.05, 0) is 6.42 Å². The topological polar surface area (TPSA) is 66.9 Å². The molecule has 0 aromatic heterocycles. The Labute approximate surface area is 133 Å². The van der Waals surface area contributed by atoms with E-state index in [1.165, 1.54) is 0 Å². The Morgan fingerprint density at radius 2 is 2.14 bits per heavy atom. The fourth-order valence-corrected chi connectivity index (χ4v) is 3.67. The largest absolute Gasteiger partial charge is 0.375 e. The van der Waals surface area contributed by atoms with E-state index in [-0.39, 0.29) is 24.2 Å². The summed E-state index contributed by atoms with van der Waals surface area (Å²) in [6.45, 7) is 8.44. The van der Waals surface area contributed by atoms with Crippen LogP contribution in [-0.4, -0.2) is 81.6 Å². The average molecular weight is 330 g/mol. The van der Waals surface area contributed by atoms with Crippen molar-refractivity contribution in [3.63, 3.8) is 0 Å². The average Bonchev–Trinajstić information content (AvgIpc) is 2.65. The monoisotopic (exact) mass is 330 g/mol. The molecule has 6 nitrogen and oxygen atoms in total. The summed E-state index contributed by atoms with van der Waals surface area (Å²) >= 11 is 0. The molecule has 0 aliphatic carbocycles. The zero-order chi connectivity index (χ0) is 16.2. The van der Waals surface area contributed by atoms with Crippen LogP contribution < -0.4 is 0 Å². The second kappa shape index (κ2) is 7.57. The first-order valence-electron chi connectivity index (χ1n) is 7.79. The van der Waals surface area contributed by atoms with Crippen LogP contribution in [-0.2, 0) is 19.4 Å². The fraction of sp³-hybridized carbons (Fsp3) is 0.800. The lowest BCUT2D eigenvalue weighted by Crippen LogP contribution is -2.49. The lowest BCUT2D eigenvalue weighted by atomic mass is 9.93. The maximum Gasteiger partial charge on any atom is 0.223 e. The highest BCUT2D eigenvalue weighted by Crippen LogP contribution is 2.24. The number of piperidine rings is 1. The van der Waals surface area contributed by atoms with Gasteiger partial charge in [-0.25, -0.2) is 8.42 Å². The summed E-state index contributed by atoms with van der Waals surface area (Å²) in [5.41, 5.74) is 0. The maximum atomic E-state index is 12.2. The van der Waals surface area contributed by atoms with E-state index in [9.17, 15) is 13.2 Å². The van der Waals surface area contributed by atoms with Crippen LogP contribution >= 0.6 is 0 Å². The third-order valence-corrected chi connectivity index (χ3v) is 5.30. The summed E-state index contributed by atoms with van der Waals surface area (Å²) in [5.74, 6) is 0.269. The molecule has 1 amide bonds. The number of sulfone groups is 1. The molecule has 22 heavy (non-hydrogen) atoms. The Morgan fingerprint density at radius 3 is 2.82 bits per heavy atom. The Hall–Kier alpha value is -0.920. The number of fused-ring (bicyclic) bond motifs is 1. The van der Waals surface area contributed by atoms with Crippen LogP contribution in [0.15, 0.2) is 12.7 Å². The molecule has 2 fully saturated rings. The van der Waals surface area contributed by atoms with Crippen LogP contribution in [0.25, 0.3) is 0 Å². The van der Waals surface area contributed by atoms with Crippen LogP contribution in [0.4, 0.5) is 0 Å². The smallest absolute Gasteiger partial charge is 0.223 e. The lowest BCUT2D eigenvalue weighted by molar-refractivity contribution is -0.136. The summed E-state index contributed by atoms with van der Waals surface area (Å²) < 4.78 is 28.3. The van der Waals surface area contributed by atoms with Gasteiger partial charge in [-0.15, -0.1) is 6.58 Å². The number of carbonyl (C=O) groups is 1. The molecular weight excluding hydrogens is 304 g/mol. The minimum absolute atomic E-state index is 0.0609. The highest BCUT2D eigenvalue weighted by Gasteiger charge is 2.34. The number of amides is 1.